The molecule has 3 atom stereocenters. The summed E-state index contributed by atoms with van der Waals surface area (Å²) in [6, 6.07) is 6.20. The van der Waals surface area contributed by atoms with Crippen molar-refractivity contribution in [1.82, 2.24) is 15.5 Å². The minimum Gasteiger partial charge on any atom is -0.493 e. The van der Waals surface area contributed by atoms with E-state index in [0.717, 1.165) is 50.8 Å². The van der Waals surface area contributed by atoms with Crippen LogP contribution in [0.3, 0.4) is 0 Å². The molecule has 2 fully saturated rings. The van der Waals surface area contributed by atoms with Crippen molar-refractivity contribution in [2.45, 2.75) is 70.1 Å². The van der Waals surface area contributed by atoms with Gasteiger partial charge in [-0.25, -0.2) is 4.79 Å². The van der Waals surface area contributed by atoms with Crippen LogP contribution >= 0.6 is 0 Å². The average molecular weight is 464 g/mol. The topological polar surface area (TPSA) is 92.3 Å². The van der Waals surface area contributed by atoms with Gasteiger partial charge in [0.15, 0.2) is 11.5 Å². The Morgan fingerprint density at radius 2 is 1.94 bits per heavy atom. The molecule has 1 saturated carbocycles. The normalized spacial score (nSPS) is 23.3. The molecule has 8 nitrogen and oxygen atoms in total. The molecule has 1 aromatic rings. The zero-order chi connectivity index (χ0) is 23.5. The number of rotatable bonds is 12. The highest BCUT2D eigenvalue weighted by Crippen LogP contribution is 2.30. The van der Waals surface area contributed by atoms with E-state index in [-0.39, 0.29) is 18.2 Å². The van der Waals surface area contributed by atoms with E-state index in [1.807, 2.05) is 25.1 Å². The van der Waals surface area contributed by atoms with Crippen LogP contribution in [0.15, 0.2) is 18.2 Å². The Kier molecular flexibility index (Phi) is 10.6. The van der Waals surface area contributed by atoms with Crippen LogP contribution in [0, 0.1) is 0 Å². The lowest BCUT2D eigenvalue weighted by molar-refractivity contribution is -0.0316. The molecule has 33 heavy (non-hydrogen) atoms. The van der Waals surface area contributed by atoms with E-state index >= 15 is 0 Å². The quantitative estimate of drug-likeness (QED) is 0.413. The van der Waals surface area contributed by atoms with E-state index in [4.69, 9.17) is 14.2 Å². The number of hydrogen-bond acceptors (Lipinski definition) is 6. The van der Waals surface area contributed by atoms with Gasteiger partial charge in [-0.1, -0.05) is 25.8 Å². The van der Waals surface area contributed by atoms with E-state index in [0.29, 0.717) is 43.8 Å². The van der Waals surface area contributed by atoms with Crippen molar-refractivity contribution in [3.63, 3.8) is 0 Å². The number of carbonyl (C=O) groups excluding carboxylic acids is 1. The Morgan fingerprint density at radius 1 is 1.12 bits per heavy atom. The number of β-amino-alcohol motifs (C(OH)–C–C–N with tert-alkyl or cyclic N) is 1. The summed E-state index contributed by atoms with van der Waals surface area (Å²) in [7, 11) is 1.63. The maximum atomic E-state index is 11.6. The summed E-state index contributed by atoms with van der Waals surface area (Å²) in [5.41, 5.74) is 1.14. The molecular weight excluding hydrogens is 422 g/mol. The Bertz CT molecular complexity index is 732. The third kappa shape index (κ3) is 8.05. The summed E-state index contributed by atoms with van der Waals surface area (Å²) < 4.78 is 17.6. The van der Waals surface area contributed by atoms with Gasteiger partial charge < -0.3 is 30.0 Å². The fourth-order valence-corrected chi connectivity index (χ4v) is 4.70. The number of aliphatic hydroxyl groups is 1. The maximum absolute atomic E-state index is 11.6. The number of urea groups is 1. The molecule has 1 aliphatic heterocycles. The zero-order valence-electron chi connectivity index (χ0n) is 20.2. The number of carbonyl (C=O) groups is 1. The minimum absolute atomic E-state index is 0.177. The number of methoxy groups -OCH3 is 1. The standard InChI is InChI=1S/C25H41N3O5/c1-3-12-26-25(30)27-13-16-33-23-9-8-19(17-24(23)31-2)11-15-32-22-7-5-4-6-21(22)28-14-10-20(29)18-28/h8-9,17,20-22,29H,3-7,10-16,18H2,1-2H3,(H2,26,27,30)/t20-,21?,22?/m1/s1. The van der Waals surface area contributed by atoms with Crippen molar-refractivity contribution in [2.24, 2.45) is 0 Å². The molecule has 1 aliphatic carbocycles. The number of benzene rings is 1. The predicted octanol–water partition coefficient (Wildman–Crippen LogP) is 2.72. The van der Waals surface area contributed by atoms with Crippen LogP contribution in [-0.4, -0.2) is 80.8 Å². The highest BCUT2D eigenvalue weighted by molar-refractivity contribution is 5.73. The van der Waals surface area contributed by atoms with Gasteiger partial charge in [0.1, 0.15) is 6.61 Å². The van der Waals surface area contributed by atoms with Crippen LogP contribution < -0.4 is 20.1 Å². The van der Waals surface area contributed by atoms with Gasteiger partial charge in [-0.15, -0.1) is 0 Å². The van der Waals surface area contributed by atoms with Gasteiger partial charge >= 0.3 is 6.03 Å². The summed E-state index contributed by atoms with van der Waals surface area (Å²) in [5.74, 6) is 1.35. The Hall–Kier alpha value is -2.03. The molecule has 1 saturated heterocycles. The molecule has 1 aromatic carbocycles. The van der Waals surface area contributed by atoms with Crippen molar-refractivity contribution >= 4 is 6.03 Å². The third-order valence-corrected chi connectivity index (χ3v) is 6.46. The summed E-state index contributed by atoms with van der Waals surface area (Å²) in [6.07, 6.45) is 7.36. The molecule has 0 bridgehead atoms. The van der Waals surface area contributed by atoms with Crippen LogP contribution in [0.2, 0.25) is 0 Å². The fourth-order valence-electron chi connectivity index (χ4n) is 4.70. The van der Waals surface area contributed by atoms with Gasteiger partial charge in [-0.2, -0.15) is 0 Å². The second-order valence-corrected chi connectivity index (χ2v) is 8.96. The molecule has 2 amide bonds. The van der Waals surface area contributed by atoms with E-state index in [9.17, 15) is 9.90 Å². The highest BCUT2D eigenvalue weighted by atomic mass is 16.5. The van der Waals surface area contributed by atoms with Crippen molar-refractivity contribution in [2.75, 3.05) is 46.5 Å². The number of likely N-dealkylation sites (tertiary alicyclic amines) is 1. The molecular formula is C25H41N3O5. The Balaban J connectivity index is 1.43. The fraction of sp³-hybridized carbons (Fsp3) is 0.720. The van der Waals surface area contributed by atoms with Crippen LogP contribution in [0.1, 0.15) is 51.0 Å². The van der Waals surface area contributed by atoms with Crippen LogP contribution in [0.5, 0.6) is 11.5 Å². The lowest BCUT2D eigenvalue weighted by atomic mass is 9.91. The van der Waals surface area contributed by atoms with Crippen LogP contribution in [0.4, 0.5) is 4.79 Å². The van der Waals surface area contributed by atoms with Crippen LogP contribution in [-0.2, 0) is 11.2 Å². The molecule has 186 valence electrons. The van der Waals surface area contributed by atoms with Gasteiger partial charge in [0.2, 0.25) is 0 Å². The minimum atomic E-state index is -0.185. The van der Waals surface area contributed by atoms with Crippen molar-refractivity contribution in [3.05, 3.63) is 23.8 Å². The Labute approximate surface area is 198 Å². The van der Waals surface area contributed by atoms with Crippen LogP contribution in [0.25, 0.3) is 0 Å². The number of nitrogens with zero attached hydrogens (tertiary/aromatic N) is 1. The first-order valence-electron chi connectivity index (χ1n) is 12.5. The first-order valence-corrected chi connectivity index (χ1v) is 12.5. The van der Waals surface area contributed by atoms with Gasteiger partial charge in [-0.3, -0.25) is 4.90 Å². The molecule has 3 N–H and O–H groups in total. The van der Waals surface area contributed by atoms with E-state index in [2.05, 4.69) is 15.5 Å². The second-order valence-electron chi connectivity index (χ2n) is 8.96. The molecule has 3 rings (SSSR count). The molecule has 0 radical (unpaired) electrons. The number of amides is 2. The largest absolute Gasteiger partial charge is 0.493 e. The number of aliphatic hydroxyl groups excluding tert-OH is 1. The van der Waals surface area contributed by atoms with E-state index < -0.39 is 0 Å². The molecule has 2 aliphatic rings. The SMILES string of the molecule is CCCNC(=O)NCCOc1ccc(CCOC2CCCCC2N2CC[C@@H](O)C2)cc1OC. The van der Waals surface area contributed by atoms with Gasteiger partial charge in [0.25, 0.3) is 0 Å². The number of hydrogen-bond donors (Lipinski definition) is 3. The first kappa shape index (κ1) is 25.6. The predicted molar refractivity (Wildman–Crippen MR) is 128 cm³/mol. The lowest BCUT2D eigenvalue weighted by Gasteiger charge is -2.37. The van der Waals surface area contributed by atoms with Gasteiger partial charge in [-0.05, 0) is 49.8 Å². The average Bonchev–Trinajstić information content (AvgIpc) is 3.27. The van der Waals surface area contributed by atoms with Gasteiger partial charge in [0.05, 0.1) is 32.5 Å². The zero-order valence-corrected chi connectivity index (χ0v) is 20.2. The summed E-state index contributed by atoms with van der Waals surface area (Å²) in [5, 5.41) is 15.5. The molecule has 0 aromatic heterocycles. The second kappa shape index (κ2) is 13.6. The number of nitrogens with one attached hydrogen (secondary N) is 2. The van der Waals surface area contributed by atoms with E-state index in [1.54, 1.807) is 7.11 Å². The smallest absolute Gasteiger partial charge is 0.314 e. The van der Waals surface area contributed by atoms with Crippen molar-refractivity contribution in [3.8, 4) is 11.5 Å². The van der Waals surface area contributed by atoms with E-state index in [1.165, 1.54) is 12.8 Å². The van der Waals surface area contributed by atoms with Gasteiger partial charge in [0, 0.05) is 25.7 Å². The molecule has 0 spiro atoms. The maximum Gasteiger partial charge on any atom is 0.314 e. The molecule has 8 heteroatoms. The molecule has 2 unspecified atom stereocenters. The first-order chi connectivity index (χ1) is 16.1. The van der Waals surface area contributed by atoms with Crippen molar-refractivity contribution in [1.29, 1.82) is 0 Å². The summed E-state index contributed by atoms with van der Waals surface area (Å²) in [4.78, 5) is 14.0. The molecule has 1 heterocycles. The highest BCUT2D eigenvalue weighted by Gasteiger charge is 2.34. The Morgan fingerprint density at radius 3 is 2.70 bits per heavy atom. The monoisotopic (exact) mass is 463 g/mol. The summed E-state index contributed by atoms with van der Waals surface area (Å²) >= 11 is 0. The lowest BCUT2D eigenvalue weighted by Crippen LogP contribution is -2.46. The summed E-state index contributed by atoms with van der Waals surface area (Å²) in [6.45, 7) is 5.88. The number of ether oxygens (including phenoxy) is 3. The van der Waals surface area contributed by atoms with Crippen molar-refractivity contribution < 1.29 is 24.1 Å². The third-order valence-electron chi connectivity index (χ3n) is 6.46.